The van der Waals surface area contributed by atoms with Gasteiger partial charge in [-0.2, -0.15) is 0 Å². The monoisotopic (exact) mass is 404 g/mol. The van der Waals surface area contributed by atoms with E-state index in [1.807, 2.05) is 6.92 Å². The van der Waals surface area contributed by atoms with E-state index < -0.39 is 4.92 Å². The Morgan fingerprint density at radius 2 is 2.11 bits per heavy atom. The summed E-state index contributed by atoms with van der Waals surface area (Å²) >= 11 is 1.41. The Kier molecular flexibility index (Phi) is 6.23. The van der Waals surface area contributed by atoms with Crippen molar-refractivity contribution in [2.45, 2.75) is 50.7 Å². The van der Waals surface area contributed by atoms with Crippen molar-refractivity contribution in [2.75, 3.05) is 18.2 Å². The molecule has 0 unspecified atom stereocenters. The Morgan fingerprint density at radius 3 is 2.75 bits per heavy atom. The molecular formula is C19H24N4O4S. The van der Waals surface area contributed by atoms with Gasteiger partial charge in [-0.3, -0.25) is 14.9 Å². The Morgan fingerprint density at radius 1 is 1.39 bits per heavy atom. The SMILES string of the molecule is COc1cc([N+](=O)[O-])ccc1NC(=O)CSc1nc(C)c(C)n1C1CCCC1. The first-order valence-electron chi connectivity index (χ1n) is 9.21. The van der Waals surface area contributed by atoms with Crippen LogP contribution in [0.25, 0.3) is 0 Å². The Balaban J connectivity index is 1.68. The number of aryl methyl sites for hydroxylation is 1. The number of methoxy groups -OCH3 is 1. The minimum atomic E-state index is -0.502. The van der Waals surface area contributed by atoms with Gasteiger partial charge in [0.15, 0.2) is 5.16 Å². The van der Waals surface area contributed by atoms with E-state index in [0.717, 1.165) is 29.4 Å². The molecule has 1 heterocycles. The summed E-state index contributed by atoms with van der Waals surface area (Å²) in [5.74, 6) is 0.239. The van der Waals surface area contributed by atoms with Crippen LogP contribution in [0.2, 0.25) is 0 Å². The first-order chi connectivity index (χ1) is 13.4. The van der Waals surface area contributed by atoms with E-state index in [1.165, 1.54) is 49.9 Å². The Bertz CT molecular complexity index is 890. The summed E-state index contributed by atoms with van der Waals surface area (Å²) in [6.07, 6.45) is 4.75. The quantitative estimate of drug-likeness (QED) is 0.420. The van der Waals surface area contributed by atoms with Gasteiger partial charge < -0.3 is 14.6 Å². The standard InChI is InChI=1S/C19H24N4O4S/c1-12-13(2)22(14-6-4-5-7-14)19(20-12)28-11-18(24)21-16-9-8-15(23(25)26)10-17(16)27-3/h8-10,14H,4-7,11H2,1-3H3,(H,21,24). The average molecular weight is 404 g/mol. The summed E-state index contributed by atoms with van der Waals surface area (Å²) in [5, 5.41) is 14.5. The van der Waals surface area contributed by atoms with E-state index in [1.54, 1.807) is 0 Å². The molecule has 1 aromatic heterocycles. The molecule has 0 spiro atoms. The van der Waals surface area contributed by atoms with Gasteiger partial charge in [0.1, 0.15) is 5.75 Å². The number of aromatic nitrogens is 2. The third-order valence-electron chi connectivity index (χ3n) is 5.05. The number of nitro benzene ring substituents is 1. The highest BCUT2D eigenvalue weighted by molar-refractivity contribution is 7.99. The molecule has 0 radical (unpaired) electrons. The highest BCUT2D eigenvalue weighted by atomic mass is 32.2. The molecule has 2 aromatic rings. The summed E-state index contributed by atoms with van der Waals surface area (Å²) in [6.45, 7) is 4.07. The molecule has 0 bridgehead atoms. The lowest BCUT2D eigenvalue weighted by Gasteiger charge is -2.17. The van der Waals surface area contributed by atoms with Crippen molar-refractivity contribution in [3.05, 3.63) is 39.7 Å². The normalized spacial score (nSPS) is 14.2. The first-order valence-corrected chi connectivity index (χ1v) is 10.2. The number of hydrogen-bond acceptors (Lipinski definition) is 6. The second-order valence-electron chi connectivity index (χ2n) is 6.85. The van der Waals surface area contributed by atoms with Gasteiger partial charge >= 0.3 is 0 Å². The number of rotatable bonds is 7. The fourth-order valence-corrected chi connectivity index (χ4v) is 4.46. The lowest BCUT2D eigenvalue weighted by Crippen LogP contribution is -2.16. The third-order valence-corrected chi connectivity index (χ3v) is 6.00. The van der Waals surface area contributed by atoms with Crippen LogP contribution in [0.3, 0.4) is 0 Å². The van der Waals surface area contributed by atoms with Crippen molar-refractivity contribution in [1.82, 2.24) is 9.55 Å². The number of benzene rings is 1. The number of nitrogens with zero attached hydrogens (tertiary/aromatic N) is 3. The molecule has 28 heavy (non-hydrogen) atoms. The van der Waals surface area contributed by atoms with Gasteiger partial charge in [-0.25, -0.2) is 4.98 Å². The summed E-state index contributed by atoms with van der Waals surface area (Å²) in [6, 6.07) is 4.57. The molecule has 3 rings (SSSR count). The number of nitro groups is 1. The number of imidazole rings is 1. The minimum absolute atomic E-state index is 0.0891. The van der Waals surface area contributed by atoms with E-state index in [-0.39, 0.29) is 23.1 Å². The number of hydrogen-bond donors (Lipinski definition) is 1. The number of carbonyl (C=O) groups is 1. The zero-order valence-electron chi connectivity index (χ0n) is 16.2. The van der Waals surface area contributed by atoms with Crippen LogP contribution in [0.4, 0.5) is 11.4 Å². The lowest BCUT2D eigenvalue weighted by atomic mass is 10.2. The second-order valence-corrected chi connectivity index (χ2v) is 7.79. The zero-order chi connectivity index (χ0) is 20.3. The molecule has 1 aromatic carbocycles. The van der Waals surface area contributed by atoms with Crippen molar-refractivity contribution in [1.29, 1.82) is 0 Å². The number of anilines is 1. The molecule has 1 N–H and O–H groups in total. The summed E-state index contributed by atoms with van der Waals surface area (Å²) in [4.78, 5) is 27.5. The van der Waals surface area contributed by atoms with E-state index in [4.69, 9.17) is 4.74 Å². The number of nitrogens with one attached hydrogen (secondary N) is 1. The van der Waals surface area contributed by atoms with Crippen LogP contribution in [-0.4, -0.2) is 33.2 Å². The fraction of sp³-hybridized carbons (Fsp3) is 0.474. The van der Waals surface area contributed by atoms with E-state index in [9.17, 15) is 14.9 Å². The smallest absolute Gasteiger partial charge is 0.273 e. The molecule has 8 nitrogen and oxygen atoms in total. The average Bonchev–Trinajstić information content (AvgIpc) is 3.28. The maximum atomic E-state index is 12.4. The molecule has 0 saturated heterocycles. The van der Waals surface area contributed by atoms with Gasteiger partial charge in [-0.1, -0.05) is 24.6 Å². The maximum Gasteiger partial charge on any atom is 0.273 e. The molecule has 1 aliphatic carbocycles. The molecule has 1 fully saturated rings. The predicted octanol–water partition coefficient (Wildman–Crippen LogP) is 4.26. The van der Waals surface area contributed by atoms with E-state index >= 15 is 0 Å². The van der Waals surface area contributed by atoms with E-state index in [2.05, 4.69) is 21.8 Å². The number of amides is 1. The van der Waals surface area contributed by atoms with Crippen molar-refractivity contribution >= 4 is 29.0 Å². The van der Waals surface area contributed by atoms with Crippen molar-refractivity contribution in [2.24, 2.45) is 0 Å². The van der Waals surface area contributed by atoms with Crippen LogP contribution in [-0.2, 0) is 4.79 Å². The minimum Gasteiger partial charge on any atom is -0.494 e. The number of thioether (sulfide) groups is 1. The third kappa shape index (κ3) is 4.30. The van der Waals surface area contributed by atoms with E-state index in [0.29, 0.717) is 11.7 Å². The van der Waals surface area contributed by atoms with Crippen molar-refractivity contribution in [3.63, 3.8) is 0 Å². The Hall–Kier alpha value is -2.55. The number of non-ortho nitro benzene ring substituents is 1. The van der Waals surface area contributed by atoms with Gasteiger partial charge in [0.05, 0.1) is 35.2 Å². The van der Waals surface area contributed by atoms with Gasteiger partial charge in [0, 0.05) is 17.8 Å². The topological polar surface area (TPSA) is 99.3 Å². The lowest BCUT2D eigenvalue weighted by molar-refractivity contribution is -0.384. The fourth-order valence-electron chi connectivity index (χ4n) is 3.50. The molecule has 1 amide bonds. The second kappa shape index (κ2) is 8.64. The van der Waals surface area contributed by atoms with Gasteiger partial charge in [-0.05, 0) is 32.8 Å². The maximum absolute atomic E-state index is 12.4. The number of ether oxygens (including phenoxy) is 1. The molecule has 9 heteroatoms. The van der Waals surface area contributed by atoms with Crippen LogP contribution in [0.5, 0.6) is 5.75 Å². The van der Waals surface area contributed by atoms with Crippen LogP contribution in [0.15, 0.2) is 23.4 Å². The zero-order valence-corrected chi connectivity index (χ0v) is 17.0. The summed E-state index contributed by atoms with van der Waals surface area (Å²) in [7, 11) is 1.41. The molecule has 0 aliphatic heterocycles. The largest absolute Gasteiger partial charge is 0.494 e. The first kappa shape index (κ1) is 20.2. The van der Waals surface area contributed by atoms with Gasteiger partial charge in [0.2, 0.25) is 5.91 Å². The highest BCUT2D eigenvalue weighted by Gasteiger charge is 2.23. The highest BCUT2D eigenvalue weighted by Crippen LogP contribution is 2.35. The molecule has 150 valence electrons. The Labute approximate surface area is 167 Å². The van der Waals surface area contributed by atoms with Crippen molar-refractivity contribution < 1.29 is 14.5 Å². The summed E-state index contributed by atoms with van der Waals surface area (Å²) < 4.78 is 7.43. The predicted molar refractivity (Wildman–Crippen MR) is 108 cm³/mol. The molecule has 1 saturated carbocycles. The van der Waals surface area contributed by atoms with Gasteiger partial charge in [-0.15, -0.1) is 0 Å². The van der Waals surface area contributed by atoms with Crippen LogP contribution in [0, 0.1) is 24.0 Å². The van der Waals surface area contributed by atoms with Gasteiger partial charge in [0.25, 0.3) is 5.69 Å². The summed E-state index contributed by atoms with van der Waals surface area (Å²) in [5.41, 5.74) is 2.47. The number of carbonyl (C=O) groups excluding carboxylic acids is 1. The molecule has 1 aliphatic rings. The molecule has 0 atom stereocenters. The van der Waals surface area contributed by atoms with Crippen molar-refractivity contribution in [3.8, 4) is 5.75 Å². The van der Waals surface area contributed by atoms with Crippen LogP contribution >= 0.6 is 11.8 Å². The molecular weight excluding hydrogens is 380 g/mol. The van der Waals surface area contributed by atoms with Crippen LogP contribution in [0.1, 0.15) is 43.1 Å². The van der Waals surface area contributed by atoms with Crippen LogP contribution < -0.4 is 10.1 Å².